The molecular formula is C21H22O4. The number of rotatable bonds is 8. The van der Waals surface area contributed by atoms with Crippen molar-refractivity contribution in [3.8, 4) is 11.5 Å². The lowest BCUT2D eigenvalue weighted by Crippen LogP contribution is -2.03. The molecule has 0 amide bonds. The van der Waals surface area contributed by atoms with Gasteiger partial charge in [0.2, 0.25) is 0 Å². The highest BCUT2D eigenvalue weighted by Gasteiger charge is 2.23. The highest BCUT2D eigenvalue weighted by Crippen LogP contribution is 2.23. The minimum absolute atomic E-state index is 0.282. The molecule has 4 rings (SSSR count). The van der Waals surface area contributed by atoms with Gasteiger partial charge < -0.3 is 18.9 Å². The molecule has 0 aliphatic carbocycles. The molecule has 2 unspecified atom stereocenters. The van der Waals surface area contributed by atoms with Crippen molar-refractivity contribution in [1.29, 1.82) is 0 Å². The van der Waals surface area contributed by atoms with Crippen LogP contribution in [-0.4, -0.2) is 38.6 Å². The summed E-state index contributed by atoms with van der Waals surface area (Å²) in [5, 5.41) is 0. The molecule has 0 saturated carbocycles. The van der Waals surface area contributed by atoms with E-state index in [4.69, 9.17) is 18.9 Å². The Morgan fingerprint density at radius 2 is 1.36 bits per heavy atom. The van der Waals surface area contributed by atoms with Crippen LogP contribution in [0.1, 0.15) is 18.1 Å². The van der Waals surface area contributed by atoms with Crippen molar-refractivity contribution in [2.45, 2.75) is 19.1 Å². The van der Waals surface area contributed by atoms with Crippen LogP contribution < -0.4 is 9.47 Å². The van der Waals surface area contributed by atoms with Gasteiger partial charge in [-0.3, -0.25) is 0 Å². The van der Waals surface area contributed by atoms with Crippen molar-refractivity contribution in [1.82, 2.24) is 0 Å². The number of ether oxygens (including phenoxy) is 4. The van der Waals surface area contributed by atoms with E-state index in [-0.39, 0.29) is 12.2 Å². The summed E-state index contributed by atoms with van der Waals surface area (Å²) in [5.74, 6) is 1.76. The van der Waals surface area contributed by atoms with Crippen molar-refractivity contribution in [2.75, 3.05) is 26.4 Å². The van der Waals surface area contributed by atoms with Gasteiger partial charge in [-0.05, 0) is 47.9 Å². The van der Waals surface area contributed by atoms with Crippen LogP contribution in [0.4, 0.5) is 0 Å². The van der Waals surface area contributed by atoms with Gasteiger partial charge in [0.1, 0.15) is 36.9 Å². The van der Waals surface area contributed by atoms with Crippen LogP contribution in [0.15, 0.2) is 48.5 Å². The van der Waals surface area contributed by atoms with Crippen molar-refractivity contribution in [2.24, 2.45) is 0 Å². The average molecular weight is 338 g/mol. The SMILES string of the molecule is C/C(=C\c1ccc(OCC2CO2)cc1)c1ccc(OCC2CO2)cc1. The number of benzene rings is 2. The molecule has 0 radical (unpaired) electrons. The molecule has 2 atom stereocenters. The summed E-state index contributed by atoms with van der Waals surface area (Å²) in [6.07, 6.45) is 2.73. The van der Waals surface area contributed by atoms with Gasteiger partial charge in [0.05, 0.1) is 13.2 Å². The van der Waals surface area contributed by atoms with Crippen molar-refractivity contribution < 1.29 is 18.9 Å². The summed E-state index contributed by atoms with van der Waals surface area (Å²) < 4.78 is 21.6. The molecule has 2 aliphatic rings. The molecule has 2 aromatic carbocycles. The molecule has 0 spiro atoms. The zero-order valence-electron chi connectivity index (χ0n) is 14.3. The molecular weight excluding hydrogens is 316 g/mol. The van der Waals surface area contributed by atoms with E-state index in [1.165, 1.54) is 11.1 Å². The third-order valence-electron chi connectivity index (χ3n) is 4.25. The highest BCUT2D eigenvalue weighted by atomic mass is 16.6. The molecule has 25 heavy (non-hydrogen) atoms. The topological polar surface area (TPSA) is 43.5 Å². The van der Waals surface area contributed by atoms with Gasteiger partial charge >= 0.3 is 0 Å². The smallest absolute Gasteiger partial charge is 0.119 e. The van der Waals surface area contributed by atoms with Gasteiger partial charge in [0.25, 0.3) is 0 Å². The van der Waals surface area contributed by atoms with E-state index in [2.05, 4.69) is 37.3 Å². The van der Waals surface area contributed by atoms with E-state index in [0.29, 0.717) is 13.2 Å². The highest BCUT2D eigenvalue weighted by molar-refractivity contribution is 5.80. The Hall–Kier alpha value is -2.30. The maximum Gasteiger partial charge on any atom is 0.119 e. The van der Waals surface area contributed by atoms with E-state index in [9.17, 15) is 0 Å². The maximum atomic E-state index is 5.67. The van der Waals surface area contributed by atoms with Crippen LogP contribution >= 0.6 is 0 Å². The third-order valence-corrected chi connectivity index (χ3v) is 4.25. The number of epoxide rings is 2. The second-order valence-electron chi connectivity index (χ2n) is 6.45. The quantitative estimate of drug-likeness (QED) is 0.542. The van der Waals surface area contributed by atoms with Crippen LogP contribution in [-0.2, 0) is 9.47 Å². The van der Waals surface area contributed by atoms with E-state index >= 15 is 0 Å². The molecule has 130 valence electrons. The summed E-state index contributed by atoms with van der Waals surface area (Å²) in [4.78, 5) is 0. The van der Waals surface area contributed by atoms with Gasteiger partial charge in [-0.1, -0.05) is 30.3 Å². The lowest BCUT2D eigenvalue weighted by Gasteiger charge is -2.07. The van der Waals surface area contributed by atoms with Crippen LogP contribution in [0.3, 0.4) is 0 Å². The molecule has 2 fully saturated rings. The van der Waals surface area contributed by atoms with Crippen molar-refractivity contribution >= 4 is 11.6 Å². The molecule has 2 heterocycles. The first-order chi connectivity index (χ1) is 12.3. The van der Waals surface area contributed by atoms with Crippen LogP contribution in [0, 0.1) is 0 Å². The normalized spacial score (nSPS) is 21.7. The Morgan fingerprint density at radius 1 is 0.880 bits per heavy atom. The minimum atomic E-state index is 0.282. The fraction of sp³-hybridized carbons (Fsp3) is 0.333. The summed E-state index contributed by atoms with van der Waals surface area (Å²) in [6.45, 7) is 5.02. The van der Waals surface area contributed by atoms with Crippen molar-refractivity contribution in [3.63, 3.8) is 0 Å². The Bertz CT molecular complexity index is 725. The predicted molar refractivity (Wildman–Crippen MR) is 96.9 cm³/mol. The summed E-state index contributed by atoms with van der Waals surface area (Å²) >= 11 is 0. The molecule has 2 aromatic rings. The molecule has 2 saturated heterocycles. The van der Waals surface area contributed by atoms with Crippen LogP contribution in [0.2, 0.25) is 0 Å². The first kappa shape index (κ1) is 16.2. The Morgan fingerprint density at radius 3 is 1.84 bits per heavy atom. The first-order valence-electron chi connectivity index (χ1n) is 8.64. The predicted octanol–water partition coefficient (Wildman–Crippen LogP) is 3.80. The average Bonchev–Trinajstić information content (AvgIpc) is 3.55. The zero-order chi connectivity index (χ0) is 17.1. The first-order valence-corrected chi connectivity index (χ1v) is 8.64. The summed E-state index contributed by atoms with van der Waals surface area (Å²) in [5.41, 5.74) is 3.54. The largest absolute Gasteiger partial charge is 0.491 e. The third kappa shape index (κ3) is 4.84. The minimum Gasteiger partial charge on any atom is -0.491 e. The second-order valence-corrected chi connectivity index (χ2v) is 6.45. The lowest BCUT2D eigenvalue weighted by molar-refractivity contribution is 0.263. The van der Waals surface area contributed by atoms with Crippen molar-refractivity contribution in [3.05, 3.63) is 59.7 Å². The van der Waals surface area contributed by atoms with E-state index in [1.807, 2.05) is 24.3 Å². The number of hydrogen-bond acceptors (Lipinski definition) is 4. The lowest BCUT2D eigenvalue weighted by atomic mass is 10.0. The van der Waals surface area contributed by atoms with E-state index < -0.39 is 0 Å². The van der Waals surface area contributed by atoms with Gasteiger partial charge in [-0.25, -0.2) is 0 Å². The Kier molecular flexibility index (Phi) is 4.72. The van der Waals surface area contributed by atoms with E-state index in [1.54, 1.807) is 0 Å². The van der Waals surface area contributed by atoms with Crippen LogP contribution in [0.5, 0.6) is 11.5 Å². The molecule has 4 nitrogen and oxygen atoms in total. The number of allylic oxidation sites excluding steroid dienone is 1. The van der Waals surface area contributed by atoms with Gasteiger partial charge in [0, 0.05) is 0 Å². The van der Waals surface area contributed by atoms with E-state index in [0.717, 1.165) is 30.3 Å². The Labute approximate surface area is 148 Å². The second kappa shape index (κ2) is 7.30. The molecule has 0 bridgehead atoms. The molecule has 4 heteroatoms. The maximum absolute atomic E-state index is 5.67. The number of hydrogen-bond donors (Lipinski definition) is 0. The zero-order valence-corrected chi connectivity index (χ0v) is 14.3. The molecule has 2 aliphatic heterocycles. The fourth-order valence-electron chi connectivity index (χ4n) is 2.51. The standard InChI is InChI=1S/C21H22O4/c1-15(17-4-8-19(9-5-17)23-12-21-14-25-21)10-16-2-6-18(7-3-16)22-11-20-13-24-20/h2-10,20-21H,11-14H2,1H3/b15-10+. The Balaban J connectivity index is 1.35. The van der Waals surface area contributed by atoms with Gasteiger partial charge in [0.15, 0.2) is 0 Å². The molecule has 0 N–H and O–H groups in total. The van der Waals surface area contributed by atoms with Gasteiger partial charge in [-0.2, -0.15) is 0 Å². The fourth-order valence-corrected chi connectivity index (χ4v) is 2.51. The van der Waals surface area contributed by atoms with Gasteiger partial charge in [-0.15, -0.1) is 0 Å². The molecule has 0 aromatic heterocycles. The summed E-state index contributed by atoms with van der Waals surface area (Å²) in [7, 11) is 0. The monoisotopic (exact) mass is 338 g/mol. The summed E-state index contributed by atoms with van der Waals surface area (Å²) in [6, 6.07) is 16.3. The van der Waals surface area contributed by atoms with Crippen LogP contribution in [0.25, 0.3) is 11.6 Å².